The molecule has 0 unspecified atom stereocenters. The maximum atomic E-state index is 13.9. The van der Waals surface area contributed by atoms with E-state index >= 15 is 0 Å². The van der Waals surface area contributed by atoms with Crippen molar-refractivity contribution in [3.05, 3.63) is 101 Å². The standard InChI is InChI=1S/C29H23NO5/c1-16(2)17-12-14-19(15-13-17)30-27(33)22-23(28(30)34)29(35-24(22)18-8-4-3-5-9-18)25(31)20-10-6-7-11-21(20)26(29)32/h3-16,22-24H,1-2H3/t22-,23-,24-/m0/s1. The molecule has 0 radical (unpaired) electrons. The van der Waals surface area contributed by atoms with E-state index in [-0.39, 0.29) is 11.1 Å². The summed E-state index contributed by atoms with van der Waals surface area (Å²) < 4.78 is 6.28. The van der Waals surface area contributed by atoms with Crippen molar-refractivity contribution in [3.63, 3.8) is 0 Å². The number of ketones is 2. The first kappa shape index (κ1) is 21.6. The molecule has 3 aromatic carbocycles. The second-order valence-corrected chi connectivity index (χ2v) is 9.65. The minimum absolute atomic E-state index is 0.227. The maximum Gasteiger partial charge on any atom is 0.241 e. The molecule has 174 valence electrons. The number of imide groups is 1. The third-order valence-corrected chi connectivity index (χ3v) is 7.47. The monoisotopic (exact) mass is 465 g/mol. The smallest absolute Gasteiger partial charge is 0.241 e. The fourth-order valence-electron chi connectivity index (χ4n) is 5.72. The number of fused-ring (bicyclic) bond motifs is 3. The highest BCUT2D eigenvalue weighted by atomic mass is 16.5. The van der Waals surface area contributed by atoms with E-state index in [0.29, 0.717) is 17.2 Å². The molecule has 2 saturated heterocycles. The molecule has 35 heavy (non-hydrogen) atoms. The lowest BCUT2D eigenvalue weighted by atomic mass is 9.77. The lowest BCUT2D eigenvalue weighted by Gasteiger charge is -2.27. The van der Waals surface area contributed by atoms with E-state index in [9.17, 15) is 19.2 Å². The molecule has 1 aliphatic carbocycles. The van der Waals surface area contributed by atoms with Gasteiger partial charge in [0, 0.05) is 11.1 Å². The van der Waals surface area contributed by atoms with Gasteiger partial charge in [-0.15, -0.1) is 0 Å². The average molecular weight is 466 g/mol. The van der Waals surface area contributed by atoms with Crippen molar-refractivity contribution in [1.29, 1.82) is 0 Å². The number of amides is 2. The number of nitrogens with zero attached hydrogens (tertiary/aromatic N) is 1. The zero-order chi connectivity index (χ0) is 24.5. The predicted octanol–water partition coefficient (Wildman–Crippen LogP) is 4.51. The average Bonchev–Trinajstić information content (AvgIpc) is 3.44. The van der Waals surface area contributed by atoms with Gasteiger partial charge in [-0.1, -0.05) is 80.6 Å². The fourth-order valence-corrected chi connectivity index (χ4v) is 5.72. The highest BCUT2D eigenvalue weighted by Gasteiger charge is 2.74. The Bertz CT molecular complexity index is 1360. The van der Waals surface area contributed by atoms with Crippen LogP contribution in [0.3, 0.4) is 0 Å². The Morgan fingerprint density at radius 3 is 1.89 bits per heavy atom. The Balaban J connectivity index is 1.51. The molecule has 3 aliphatic rings. The van der Waals surface area contributed by atoms with Crippen LogP contribution in [0.15, 0.2) is 78.9 Å². The molecule has 0 aromatic heterocycles. The van der Waals surface area contributed by atoms with Gasteiger partial charge in [0.15, 0.2) is 0 Å². The van der Waals surface area contributed by atoms with Crippen LogP contribution in [0.2, 0.25) is 0 Å². The van der Waals surface area contributed by atoms with Crippen LogP contribution in [-0.2, 0) is 14.3 Å². The van der Waals surface area contributed by atoms with Gasteiger partial charge in [0.2, 0.25) is 29.0 Å². The van der Waals surface area contributed by atoms with Crippen LogP contribution in [0.4, 0.5) is 5.69 Å². The van der Waals surface area contributed by atoms with Gasteiger partial charge in [-0.3, -0.25) is 19.2 Å². The topological polar surface area (TPSA) is 80.8 Å². The first-order valence-corrected chi connectivity index (χ1v) is 11.8. The minimum Gasteiger partial charge on any atom is -0.349 e. The lowest BCUT2D eigenvalue weighted by Crippen LogP contribution is -2.51. The summed E-state index contributed by atoms with van der Waals surface area (Å²) in [5, 5.41) is 0. The lowest BCUT2D eigenvalue weighted by molar-refractivity contribution is -0.127. The van der Waals surface area contributed by atoms with Gasteiger partial charge in [-0.25, -0.2) is 4.90 Å². The zero-order valence-corrected chi connectivity index (χ0v) is 19.3. The predicted molar refractivity (Wildman–Crippen MR) is 128 cm³/mol. The molecule has 0 saturated carbocycles. The summed E-state index contributed by atoms with van der Waals surface area (Å²) >= 11 is 0. The van der Waals surface area contributed by atoms with Gasteiger partial charge >= 0.3 is 0 Å². The normalized spacial score (nSPS) is 24.5. The molecular weight excluding hydrogens is 442 g/mol. The van der Waals surface area contributed by atoms with Crippen LogP contribution >= 0.6 is 0 Å². The van der Waals surface area contributed by atoms with Crippen LogP contribution in [0.1, 0.15) is 57.7 Å². The minimum atomic E-state index is -2.05. The molecule has 6 nitrogen and oxygen atoms in total. The molecule has 2 amide bonds. The molecule has 0 bridgehead atoms. The van der Waals surface area contributed by atoms with E-state index in [1.165, 1.54) is 0 Å². The first-order chi connectivity index (χ1) is 16.9. The molecule has 3 atom stereocenters. The maximum absolute atomic E-state index is 13.9. The van der Waals surface area contributed by atoms with Crippen molar-refractivity contribution in [1.82, 2.24) is 0 Å². The second-order valence-electron chi connectivity index (χ2n) is 9.65. The van der Waals surface area contributed by atoms with Gasteiger partial charge < -0.3 is 4.74 Å². The molecule has 6 rings (SSSR count). The number of benzene rings is 3. The summed E-state index contributed by atoms with van der Waals surface area (Å²) in [6.07, 6.45) is -0.903. The van der Waals surface area contributed by atoms with Crippen molar-refractivity contribution in [2.45, 2.75) is 31.5 Å². The van der Waals surface area contributed by atoms with Crippen LogP contribution in [0.25, 0.3) is 0 Å². The Morgan fingerprint density at radius 2 is 1.31 bits per heavy atom. The van der Waals surface area contributed by atoms with E-state index in [1.807, 2.05) is 18.2 Å². The van der Waals surface area contributed by atoms with Crippen LogP contribution in [0.5, 0.6) is 0 Å². The van der Waals surface area contributed by atoms with Gasteiger partial charge in [0.05, 0.1) is 23.6 Å². The number of hydrogen-bond donors (Lipinski definition) is 0. The number of anilines is 1. The molecular formula is C29H23NO5. The Hall–Kier alpha value is -3.90. The molecule has 0 N–H and O–H groups in total. The Kier molecular flexibility index (Phi) is 4.66. The summed E-state index contributed by atoms with van der Waals surface area (Å²) in [7, 11) is 0. The summed E-state index contributed by atoms with van der Waals surface area (Å²) in [6.45, 7) is 4.12. The van der Waals surface area contributed by atoms with Crippen molar-refractivity contribution in [2.75, 3.05) is 4.90 Å². The van der Waals surface area contributed by atoms with Gasteiger partial charge in [-0.2, -0.15) is 0 Å². The molecule has 3 aromatic rings. The van der Waals surface area contributed by atoms with E-state index < -0.39 is 46.9 Å². The highest BCUT2D eigenvalue weighted by Crippen LogP contribution is 2.57. The molecule has 2 heterocycles. The van der Waals surface area contributed by atoms with Gasteiger partial charge in [-0.05, 0) is 29.2 Å². The summed E-state index contributed by atoms with van der Waals surface area (Å²) in [6, 6.07) is 22.8. The van der Waals surface area contributed by atoms with E-state index in [0.717, 1.165) is 10.5 Å². The third kappa shape index (κ3) is 2.80. The highest BCUT2D eigenvalue weighted by molar-refractivity contribution is 6.37. The molecule has 6 heteroatoms. The number of hydrogen-bond acceptors (Lipinski definition) is 5. The number of carbonyl (C=O) groups is 4. The summed E-state index contributed by atoms with van der Waals surface area (Å²) in [5.74, 6) is -4.08. The van der Waals surface area contributed by atoms with Crippen molar-refractivity contribution in [2.24, 2.45) is 11.8 Å². The SMILES string of the molecule is CC(C)c1ccc(N2C(=O)[C@H]3[C@@H](C2=O)C2(O[C@H]3c3ccccc3)C(=O)c3ccccc3C2=O)cc1. The number of Topliss-reactive ketones (excluding diaryl/α,β-unsaturated/α-hetero) is 2. The first-order valence-electron chi connectivity index (χ1n) is 11.8. The zero-order valence-electron chi connectivity index (χ0n) is 19.3. The van der Waals surface area contributed by atoms with E-state index in [4.69, 9.17) is 4.74 Å². The third-order valence-electron chi connectivity index (χ3n) is 7.47. The van der Waals surface area contributed by atoms with Gasteiger partial charge in [0.25, 0.3) is 0 Å². The van der Waals surface area contributed by atoms with Crippen LogP contribution < -0.4 is 4.90 Å². The van der Waals surface area contributed by atoms with E-state index in [1.54, 1.807) is 60.7 Å². The van der Waals surface area contributed by atoms with Crippen molar-refractivity contribution >= 4 is 29.1 Å². The van der Waals surface area contributed by atoms with Crippen molar-refractivity contribution in [3.8, 4) is 0 Å². The summed E-state index contributed by atoms with van der Waals surface area (Å²) in [4.78, 5) is 56.4. The van der Waals surface area contributed by atoms with E-state index in [2.05, 4.69) is 13.8 Å². The fraction of sp³-hybridized carbons (Fsp3) is 0.241. The Morgan fingerprint density at radius 1 is 0.743 bits per heavy atom. The second kappa shape index (κ2) is 7.55. The molecule has 2 aliphatic heterocycles. The van der Waals surface area contributed by atoms with Crippen molar-refractivity contribution < 1.29 is 23.9 Å². The summed E-state index contributed by atoms with van der Waals surface area (Å²) in [5.41, 5.74) is 0.556. The molecule has 2 fully saturated rings. The number of carbonyl (C=O) groups excluding carboxylic acids is 4. The molecule has 1 spiro atoms. The Labute approximate surface area is 202 Å². The quantitative estimate of drug-likeness (QED) is 0.420. The number of ether oxygens (including phenoxy) is 1. The van der Waals surface area contributed by atoms with Crippen LogP contribution in [-0.4, -0.2) is 29.0 Å². The van der Waals surface area contributed by atoms with Crippen LogP contribution in [0, 0.1) is 11.8 Å². The number of rotatable bonds is 3. The largest absolute Gasteiger partial charge is 0.349 e. The van der Waals surface area contributed by atoms with Gasteiger partial charge in [0.1, 0.15) is 0 Å².